The minimum absolute atomic E-state index is 0.0746. The molecule has 1 atom stereocenters. The van der Waals surface area contributed by atoms with Gasteiger partial charge < -0.3 is 10.6 Å². The van der Waals surface area contributed by atoms with Gasteiger partial charge in [0.15, 0.2) is 0 Å². The zero-order valence-corrected chi connectivity index (χ0v) is 11.4. The molecule has 1 unspecified atom stereocenters. The molecule has 0 fully saturated rings. The van der Waals surface area contributed by atoms with Crippen molar-refractivity contribution in [1.82, 2.24) is 15.5 Å². The van der Waals surface area contributed by atoms with Gasteiger partial charge in [0.25, 0.3) is 0 Å². The topological polar surface area (TPSA) is 69.8 Å². The Hall–Kier alpha value is -1.82. The molecule has 6 heteroatoms. The van der Waals surface area contributed by atoms with Crippen LogP contribution in [0.4, 0.5) is 10.5 Å². The minimum Gasteiger partial charge on any atom is -0.331 e. The number of H-pyrrole nitrogens is 1. The Morgan fingerprint density at radius 2 is 2.33 bits per heavy atom. The molecular weight excluding hydrogens is 296 g/mol. The maximum Gasteiger partial charge on any atom is 0.319 e. The van der Waals surface area contributed by atoms with Crippen molar-refractivity contribution < 1.29 is 4.79 Å². The zero-order valence-electron chi connectivity index (χ0n) is 9.77. The molecule has 1 aromatic heterocycles. The number of aromatic amines is 1. The monoisotopic (exact) mass is 308 g/mol. The second-order valence-corrected chi connectivity index (χ2v) is 4.78. The van der Waals surface area contributed by atoms with Crippen LogP contribution in [-0.4, -0.2) is 16.2 Å². The molecule has 0 aliphatic carbocycles. The van der Waals surface area contributed by atoms with Gasteiger partial charge in [0.05, 0.1) is 17.9 Å². The highest BCUT2D eigenvalue weighted by Crippen LogP contribution is 2.17. The van der Waals surface area contributed by atoms with Crippen molar-refractivity contribution in [3.8, 4) is 0 Å². The summed E-state index contributed by atoms with van der Waals surface area (Å²) in [6.45, 7) is 1.93. The average Bonchev–Trinajstić information content (AvgIpc) is 2.81. The van der Waals surface area contributed by atoms with Crippen LogP contribution in [0, 0.1) is 0 Å². The summed E-state index contributed by atoms with van der Waals surface area (Å²) in [6, 6.07) is 7.49. The molecule has 0 aliphatic rings. The number of amides is 2. The Morgan fingerprint density at radius 3 is 3.00 bits per heavy atom. The number of anilines is 1. The molecule has 2 rings (SSSR count). The van der Waals surface area contributed by atoms with Gasteiger partial charge in [-0.05, 0) is 24.6 Å². The first-order chi connectivity index (χ1) is 8.65. The number of carbonyl (C=O) groups excluding carboxylic acids is 1. The van der Waals surface area contributed by atoms with Crippen molar-refractivity contribution in [2.45, 2.75) is 13.0 Å². The highest BCUT2D eigenvalue weighted by atomic mass is 79.9. The summed E-state index contributed by atoms with van der Waals surface area (Å²) >= 11 is 3.40. The fourth-order valence-corrected chi connectivity index (χ4v) is 1.96. The molecule has 2 amide bonds. The summed E-state index contributed by atoms with van der Waals surface area (Å²) in [4.78, 5) is 11.7. The van der Waals surface area contributed by atoms with Crippen LogP contribution in [0.2, 0.25) is 0 Å². The lowest BCUT2D eigenvalue weighted by Gasteiger charge is -2.14. The molecule has 0 spiro atoms. The third-order valence-corrected chi connectivity index (χ3v) is 2.95. The molecule has 0 saturated heterocycles. The molecular formula is C12H13BrN4O. The Kier molecular flexibility index (Phi) is 3.99. The van der Waals surface area contributed by atoms with Crippen LogP contribution in [0.1, 0.15) is 18.5 Å². The van der Waals surface area contributed by atoms with Crippen LogP contribution >= 0.6 is 15.9 Å². The van der Waals surface area contributed by atoms with Gasteiger partial charge >= 0.3 is 6.03 Å². The zero-order chi connectivity index (χ0) is 13.0. The van der Waals surface area contributed by atoms with E-state index in [1.807, 2.05) is 31.2 Å². The number of carbonyl (C=O) groups is 1. The van der Waals surface area contributed by atoms with Gasteiger partial charge in [-0.25, -0.2) is 4.79 Å². The quantitative estimate of drug-likeness (QED) is 0.815. The van der Waals surface area contributed by atoms with E-state index < -0.39 is 0 Å². The highest BCUT2D eigenvalue weighted by Gasteiger charge is 2.09. The Balaban J connectivity index is 1.95. The first-order valence-corrected chi connectivity index (χ1v) is 6.26. The van der Waals surface area contributed by atoms with E-state index in [1.165, 1.54) is 0 Å². The summed E-state index contributed by atoms with van der Waals surface area (Å²) in [6.07, 6.45) is 3.16. The second-order valence-electron chi connectivity index (χ2n) is 3.86. The number of rotatable bonds is 3. The molecule has 3 N–H and O–H groups in total. The molecule has 5 nitrogen and oxygen atoms in total. The molecule has 0 radical (unpaired) electrons. The first-order valence-electron chi connectivity index (χ1n) is 5.47. The van der Waals surface area contributed by atoms with Crippen molar-refractivity contribution in [1.29, 1.82) is 0 Å². The fraction of sp³-hybridized carbons (Fsp3) is 0.167. The third-order valence-electron chi connectivity index (χ3n) is 2.45. The maximum absolute atomic E-state index is 11.7. The van der Waals surface area contributed by atoms with Crippen molar-refractivity contribution in [3.05, 3.63) is 46.7 Å². The van der Waals surface area contributed by atoms with Crippen molar-refractivity contribution in [2.24, 2.45) is 0 Å². The van der Waals surface area contributed by atoms with Gasteiger partial charge in [-0.15, -0.1) is 0 Å². The van der Waals surface area contributed by atoms with Gasteiger partial charge in [0.2, 0.25) is 0 Å². The summed E-state index contributed by atoms with van der Waals surface area (Å²) < 4.78 is 0.990. The number of nitrogens with zero attached hydrogens (tertiary/aromatic N) is 1. The lowest BCUT2D eigenvalue weighted by Crippen LogP contribution is -2.31. The van der Waals surface area contributed by atoms with Crippen LogP contribution in [-0.2, 0) is 0 Å². The smallest absolute Gasteiger partial charge is 0.319 e. The predicted molar refractivity (Wildman–Crippen MR) is 73.3 cm³/mol. The number of urea groups is 1. The molecule has 18 heavy (non-hydrogen) atoms. The fourth-order valence-electron chi connectivity index (χ4n) is 1.54. The summed E-state index contributed by atoms with van der Waals surface area (Å²) in [5, 5.41) is 11.9. The highest BCUT2D eigenvalue weighted by molar-refractivity contribution is 9.10. The van der Waals surface area contributed by atoms with Gasteiger partial charge in [0.1, 0.15) is 0 Å². The summed E-state index contributed by atoms with van der Waals surface area (Å²) in [7, 11) is 0. The van der Waals surface area contributed by atoms with Crippen molar-refractivity contribution in [2.75, 3.05) is 5.32 Å². The van der Waals surface area contributed by atoms with Crippen LogP contribution in [0.5, 0.6) is 0 Å². The van der Waals surface area contributed by atoms with Crippen LogP contribution < -0.4 is 10.6 Å². The van der Waals surface area contributed by atoms with Crippen molar-refractivity contribution in [3.63, 3.8) is 0 Å². The van der Waals surface area contributed by atoms with Gasteiger partial charge in [-0.3, -0.25) is 5.10 Å². The van der Waals surface area contributed by atoms with Crippen LogP contribution in [0.3, 0.4) is 0 Å². The maximum atomic E-state index is 11.7. The Bertz CT molecular complexity index is 527. The number of benzene rings is 1. The van der Waals surface area contributed by atoms with E-state index in [0.717, 1.165) is 10.0 Å². The minimum atomic E-state index is -0.260. The molecule has 2 aromatic rings. The van der Waals surface area contributed by atoms with E-state index in [-0.39, 0.29) is 12.1 Å². The number of aromatic nitrogens is 2. The molecule has 1 heterocycles. The molecule has 0 aliphatic heterocycles. The van der Waals surface area contributed by atoms with Crippen molar-refractivity contribution >= 4 is 27.6 Å². The van der Waals surface area contributed by atoms with E-state index in [2.05, 4.69) is 36.8 Å². The van der Waals surface area contributed by atoms with E-state index in [4.69, 9.17) is 0 Å². The van der Waals surface area contributed by atoms with Gasteiger partial charge in [-0.1, -0.05) is 28.1 Å². The Labute approximate surface area is 113 Å². The van der Waals surface area contributed by atoms with Gasteiger partial charge in [-0.2, -0.15) is 5.10 Å². The lowest BCUT2D eigenvalue weighted by molar-refractivity contribution is 0.249. The number of hydrogen-bond acceptors (Lipinski definition) is 2. The first kappa shape index (κ1) is 12.6. The normalized spacial score (nSPS) is 11.9. The predicted octanol–water partition coefficient (Wildman–Crippen LogP) is 3.05. The molecule has 94 valence electrons. The number of halogens is 1. The summed E-state index contributed by atoms with van der Waals surface area (Å²) in [5.74, 6) is 0. The second kappa shape index (κ2) is 5.68. The van der Waals surface area contributed by atoms with E-state index in [9.17, 15) is 4.79 Å². The summed E-state index contributed by atoms with van der Waals surface area (Å²) in [5.41, 5.74) is 1.67. The van der Waals surface area contributed by atoms with E-state index >= 15 is 0 Å². The molecule has 0 saturated carbocycles. The number of nitrogens with one attached hydrogen (secondary N) is 3. The molecule has 1 aromatic carbocycles. The average molecular weight is 309 g/mol. The standard InChI is InChI=1S/C12H13BrN4O/c1-8(9-3-2-4-10(13)5-9)16-12(18)17-11-6-14-15-7-11/h2-8H,1H3,(H,14,15)(H2,16,17,18). The third kappa shape index (κ3) is 3.33. The van der Waals surface area contributed by atoms with E-state index in [1.54, 1.807) is 12.4 Å². The lowest BCUT2D eigenvalue weighted by atomic mass is 10.1. The Morgan fingerprint density at radius 1 is 1.50 bits per heavy atom. The van der Waals surface area contributed by atoms with Crippen LogP contribution in [0.15, 0.2) is 41.1 Å². The SMILES string of the molecule is CC(NC(=O)Nc1cn[nH]c1)c1cccc(Br)c1. The van der Waals surface area contributed by atoms with Gasteiger partial charge in [0, 0.05) is 10.7 Å². The van der Waals surface area contributed by atoms with Crippen LogP contribution in [0.25, 0.3) is 0 Å². The largest absolute Gasteiger partial charge is 0.331 e. The number of hydrogen-bond donors (Lipinski definition) is 3. The molecule has 0 bridgehead atoms. The van der Waals surface area contributed by atoms with E-state index in [0.29, 0.717) is 5.69 Å².